The average Bonchev–Trinajstić information content (AvgIpc) is 2.44. The van der Waals surface area contributed by atoms with Gasteiger partial charge < -0.3 is 9.29 Å². The van der Waals surface area contributed by atoms with E-state index >= 15 is 0 Å². The van der Waals surface area contributed by atoms with Crippen molar-refractivity contribution in [3.63, 3.8) is 0 Å². The molecule has 0 saturated carbocycles. The Labute approximate surface area is 135 Å². The Morgan fingerprint density at radius 1 is 1.30 bits per heavy atom. The first-order valence-corrected chi connectivity index (χ1v) is 8.01. The van der Waals surface area contributed by atoms with Gasteiger partial charge in [-0.25, -0.2) is 13.8 Å². The van der Waals surface area contributed by atoms with Crippen LogP contribution in [-0.2, 0) is 11.4 Å². The highest BCUT2D eigenvalue weighted by Crippen LogP contribution is 2.24. The summed E-state index contributed by atoms with van der Waals surface area (Å²) in [5.74, 6) is -4.41. The fraction of sp³-hybridized carbons (Fsp3) is 0.643. The fourth-order valence-corrected chi connectivity index (χ4v) is 2.18. The maximum absolute atomic E-state index is 12.7. The molecule has 0 aromatic carbocycles. The van der Waals surface area contributed by atoms with Gasteiger partial charge in [0.2, 0.25) is 5.88 Å². The maximum Gasteiger partial charge on any atom is 0.340 e. The lowest BCUT2D eigenvalue weighted by Gasteiger charge is -2.26. The Kier molecular flexibility index (Phi) is 6.67. The number of aromatic nitrogens is 1. The van der Waals surface area contributed by atoms with Crippen molar-refractivity contribution in [3.8, 4) is 5.88 Å². The first-order valence-electron chi connectivity index (χ1n) is 6.86. The minimum atomic E-state index is -4.22. The molecular formula is C14H20F4N2O2S. The van der Waals surface area contributed by atoms with E-state index in [0.29, 0.717) is 5.56 Å². The molecule has 0 aliphatic heterocycles. The van der Waals surface area contributed by atoms with Crippen LogP contribution in [0.1, 0.15) is 39.3 Å². The Balaban J connectivity index is 2.63. The van der Waals surface area contributed by atoms with Crippen LogP contribution in [-0.4, -0.2) is 33.2 Å². The zero-order valence-electron chi connectivity index (χ0n) is 13.3. The summed E-state index contributed by atoms with van der Waals surface area (Å²) in [6.07, 6.45) is -2.44. The molecule has 1 unspecified atom stereocenters. The molecule has 0 aliphatic carbocycles. The normalized spacial score (nSPS) is 15.6. The van der Waals surface area contributed by atoms with Crippen molar-refractivity contribution in [2.45, 2.75) is 50.8 Å². The lowest BCUT2D eigenvalue weighted by atomic mass is 10.2. The van der Waals surface area contributed by atoms with Gasteiger partial charge in [0, 0.05) is 23.6 Å². The topological polar surface area (TPSA) is 57.2 Å². The van der Waals surface area contributed by atoms with Gasteiger partial charge >= 0.3 is 12.3 Å². The molecule has 1 rings (SSSR count). The van der Waals surface area contributed by atoms with Gasteiger partial charge in [-0.2, -0.15) is 8.78 Å². The Morgan fingerprint density at radius 2 is 1.91 bits per heavy atom. The van der Waals surface area contributed by atoms with E-state index in [-0.39, 0.29) is 11.9 Å². The third-order valence-corrected chi connectivity index (χ3v) is 4.51. The second-order valence-electron chi connectivity index (χ2n) is 6.00. The molecule has 132 valence electrons. The van der Waals surface area contributed by atoms with Gasteiger partial charge in [0.1, 0.15) is 4.75 Å². The first kappa shape index (κ1) is 20.0. The van der Waals surface area contributed by atoms with Crippen LogP contribution in [0.5, 0.6) is 5.88 Å². The summed E-state index contributed by atoms with van der Waals surface area (Å²) in [5.41, 5.74) is 0.663. The summed E-state index contributed by atoms with van der Waals surface area (Å²) >= 11 is -1.29. The zero-order valence-corrected chi connectivity index (χ0v) is 14.1. The number of halogens is 4. The molecule has 0 bridgehead atoms. The Hall–Kier alpha value is -1.06. The summed E-state index contributed by atoms with van der Waals surface area (Å²) in [6.45, 7) is 5.79. The van der Waals surface area contributed by atoms with Gasteiger partial charge in [0.15, 0.2) is 6.61 Å². The number of pyridine rings is 1. The van der Waals surface area contributed by atoms with E-state index in [2.05, 4.69) is 14.4 Å². The van der Waals surface area contributed by atoms with Crippen molar-refractivity contribution in [1.29, 1.82) is 0 Å². The number of rotatable bonds is 7. The van der Waals surface area contributed by atoms with Crippen molar-refractivity contribution in [2.24, 2.45) is 0 Å². The lowest BCUT2D eigenvalue weighted by Crippen LogP contribution is -2.40. The molecule has 1 heterocycles. The van der Waals surface area contributed by atoms with Gasteiger partial charge in [-0.15, -0.1) is 4.72 Å². The molecular weight excluding hydrogens is 336 g/mol. The van der Waals surface area contributed by atoms with Crippen LogP contribution in [0.15, 0.2) is 18.3 Å². The predicted octanol–water partition coefficient (Wildman–Crippen LogP) is 3.47. The second-order valence-corrected chi connectivity index (χ2v) is 8.00. The van der Waals surface area contributed by atoms with Crippen LogP contribution < -0.4 is 9.46 Å². The van der Waals surface area contributed by atoms with Crippen LogP contribution in [0.25, 0.3) is 0 Å². The van der Waals surface area contributed by atoms with E-state index in [0.717, 1.165) is 0 Å². The van der Waals surface area contributed by atoms with Crippen LogP contribution in [0.3, 0.4) is 0 Å². The summed E-state index contributed by atoms with van der Waals surface area (Å²) in [4.78, 5) is 3.79. The van der Waals surface area contributed by atoms with E-state index in [4.69, 9.17) is 0 Å². The zero-order chi connectivity index (χ0) is 17.8. The monoisotopic (exact) mass is 356 g/mol. The van der Waals surface area contributed by atoms with E-state index in [9.17, 15) is 22.1 Å². The van der Waals surface area contributed by atoms with Crippen molar-refractivity contribution >= 4 is 11.4 Å². The van der Waals surface area contributed by atoms with Crippen LogP contribution in [0.4, 0.5) is 17.6 Å². The number of nitrogens with one attached hydrogen (secondary N) is 1. The minimum absolute atomic E-state index is 0.182. The van der Waals surface area contributed by atoms with Gasteiger partial charge in [0.05, 0.1) is 6.04 Å². The molecule has 0 saturated heterocycles. The average molecular weight is 356 g/mol. The lowest BCUT2D eigenvalue weighted by molar-refractivity contribution is -0.148. The third-order valence-electron chi connectivity index (χ3n) is 2.83. The standard InChI is InChI=1S/C14H20F4N2O2S/c1-9(20-23(21)13(2,3)4)10-5-6-11(19-7-10)22-8-14(17,18)12(15)16/h5-7,9,12,20H,8H2,1-4H3/t9?,23-/m1/s1. The second kappa shape index (κ2) is 7.67. The van der Waals surface area contributed by atoms with E-state index in [1.807, 2.05) is 20.8 Å². The largest absolute Gasteiger partial charge is 0.598 e. The summed E-state index contributed by atoms with van der Waals surface area (Å²) in [5, 5.41) is 0. The molecule has 0 spiro atoms. The first-order chi connectivity index (χ1) is 10.4. The number of alkyl halides is 4. The van der Waals surface area contributed by atoms with E-state index in [1.165, 1.54) is 12.3 Å². The predicted molar refractivity (Wildman–Crippen MR) is 80.1 cm³/mol. The Morgan fingerprint density at radius 3 is 2.35 bits per heavy atom. The summed E-state index contributed by atoms with van der Waals surface area (Å²) < 4.78 is 68.6. The highest BCUT2D eigenvalue weighted by atomic mass is 32.2. The molecule has 9 heteroatoms. The molecule has 1 N–H and O–H groups in total. The summed E-state index contributed by atoms with van der Waals surface area (Å²) in [7, 11) is 0. The van der Waals surface area contributed by atoms with Crippen LogP contribution in [0.2, 0.25) is 0 Å². The van der Waals surface area contributed by atoms with Gasteiger partial charge in [-0.05, 0) is 33.3 Å². The Bertz CT molecular complexity index is 495. The van der Waals surface area contributed by atoms with Crippen molar-refractivity contribution < 1.29 is 26.9 Å². The van der Waals surface area contributed by atoms with Crippen molar-refractivity contribution in [1.82, 2.24) is 9.71 Å². The number of ether oxygens (including phenoxy) is 1. The number of hydrogen-bond acceptors (Lipinski definition) is 4. The van der Waals surface area contributed by atoms with E-state index in [1.54, 1.807) is 13.0 Å². The number of nitrogens with zero attached hydrogens (tertiary/aromatic N) is 1. The van der Waals surface area contributed by atoms with E-state index < -0.39 is 35.1 Å². The van der Waals surface area contributed by atoms with Gasteiger partial charge in [-0.3, -0.25) is 0 Å². The molecule has 0 amide bonds. The highest BCUT2D eigenvalue weighted by Gasteiger charge is 2.41. The fourth-order valence-electron chi connectivity index (χ4n) is 1.37. The molecule has 2 atom stereocenters. The van der Waals surface area contributed by atoms with Crippen LogP contribution >= 0.6 is 0 Å². The third kappa shape index (κ3) is 6.15. The molecule has 0 radical (unpaired) electrons. The van der Waals surface area contributed by atoms with Crippen molar-refractivity contribution in [3.05, 3.63) is 23.9 Å². The molecule has 0 fully saturated rings. The van der Waals surface area contributed by atoms with Gasteiger partial charge in [-0.1, -0.05) is 6.07 Å². The molecule has 1 aromatic heterocycles. The van der Waals surface area contributed by atoms with Crippen molar-refractivity contribution in [2.75, 3.05) is 6.61 Å². The molecule has 0 aliphatic rings. The minimum Gasteiger partial charge on any atom is -0.598 e. The van der Waals surface area contributed by atoms with Crippen LogP contribution in [0, 0.1) is 0 Å². The SMILES string of the molecule is CC(N[S@+]([O-])C(C)(C)C)c1ccc(OCC(F)(F)C(F)F)nc1. The molecule has 1 aromatic rings. The maximum atomic E-state index is 12.7. The van der Waals surface area contributed by atoms with Gasteiger partial charge in [0.25, 0.3) is 0 Å². The quantitative estimate of drug-likeness (QED) is 0.600. The number of hydrogen-bond donors (Lipinski definition) is 1. The molecule has 4 nitrogen and oxygen atoms in total. The summed E-state index contributed by atoms with van der Waals surface area (Å²) in [6, 6.07) is 2.55. The highest BCUT2D eigenvalue weighted by molar-refractivity contribution is 7.90. The molecule has 23 heavy (non-hydrogen) atoms. The smallest absolute Gasteiger partial charge is 0.340 e.